The van der Waals surface area contributed by atoms with Gasteiger partial charge in [0.05, 0.1) is 22.8 Å². The predicted octanol–water partition coefficient (Wildman–Crippen LogP) is 3.57. The molecule has 0 aliphatic heterocycles. The number of thiazole rings is 1. The highest BCUT2D eigenvalue weighted by Crippen LogP contribution is 2.28. The molecule has 0 aliphatic rings. The SMILES string of the molecule is C#CCOc1ccc(CCC(=O)NCc2ccc3ncsc3c2)cc1OC. The third-order valence-corrected chi connectivity index (χ3v) is 4.86. The van der Waals surface area contributed by atoms with Gasteiger partial charge in [-0.1, -0.05) is 18.1 Å². The van der Waals surface area contributed by atoms with Crippen molar-refractivity contribution in [3.63, 3.8) is 0 Å². The average Bonchev–Trinajstić information content (AvgIpc) is 3.17. The molecule has 1 N–H and O–H groups in total. The van der Waals surface area contributed by atoms with Crippen molar-refractivity contribution in [2.45, 2.75) is 19.4 Å². The van der Waals surface area contributed by atoms with Crippen molar-refractivity contribution in [3.05, 3.63) is 53.0 Å². The number of terminal acetylenes is 1. The first-order valence-electron chi connectivity index (χ1n) is 8.51. The van der Waals surface area contributed by atoms with E-state index in [9.17, 15) is 4.79 Å². The van der Waals surface area contributed by atoms with Crippen molar-refractivity contribution in [1.82, 2.24) is 10.3 Å². The fourth-order valence-electron chi connectivity index (χ4n) is 2.66. The van der Waals surface area contributed by atoms with Crippen LogP contribution in [0.1, 0.15) is 17.5 Å². The van der Waals surface area contributed by atoms with Crippen molar-refractivity contribution in [3.8, 4) is 23.8 Å². The summed E-state index contributed by atoms with van der Waals surface area (Å²) in [4.78, 5) is 16.4. The maximum atomic E-state index is 12.2. The number of carbonyl (C=O) groups is 1. The van der Waals surface area contributed by atoms with Gasteiger partial charge in [0.25, 0.3) is 0 Å². The van der Waals surface area contributed by atoms with E-state index in [0.717, 1.165) is 21.3 Å². The molecule has 0 aliphatic carbocycles. The van der Waals surface area contributed by atoms with Crippen molar-refractivity contribution < 1.29 is 14.3 Å². The maximum Gasteiger partial charge on any atom is 0.220 e. The van der Waals surface area contributed by atoms with Crippen molar-refractivity contribution in [2.24, 2.45) is 0 Å². The molecule has 5 nitrogen and oxygen atoms in total. The zero-order valence-electron chi connectivity index (χ0n) is 15.0. The highest BCUT2D eigenvalue weighted by molar-refractivity contribution is 7.16. The molecule has 3 rings (SSSR count). The second-order valence-electron chi connectivity index (χ2n) is 5.91. The Kier molecular flexibility index (Phi) is 6.29. The Morgan fingerprint density at radius 1 is 1.22 bits per heavy atom. The predicted molar refractivity (Wildman–Crippen MR) is 107 cm³/mol. The van der Waals surface area contributed by atoms with E-state index in [1.54, 1.807) is 18.4 Å². The lowest BCUT2D eigenvalue weighted by molar-refractivity contribution is -0.121. The van der Waals surface area contributed by atoms with Gasteiger partial charge in [0.2, 0.25) is 5.91 Å². The Bertz CT molecular complexity index is 975. The van der Waals surface area contributed by atoms with Crippen LogP contribution in [0, 0.1) is 12.3 Å². The second kappa shape index (κ2) is 9.06. The first-order valence-corrected chi connectivity index (χ1v) is 9.39. The molecule has 0 unspecified atom stereocenters. The summed E-state index contributed by atoms with van der Waals surface area (Å²) >= 11 is 1.60. The summed E-state index contributed by atoms with van der Waals surface area (Å²) in [5.74, 6) is 3.64. The first kappa shape index (κ1) is 18.7. The van der Waals surface area contributed by atoms with Crippen molar-refractivity contribution >= 4 is 27.5 Å². The van der Waals surface area contributed by atoms with E-state index >= 15 is 0 Å². The summed E-state index contributed by atoms with van der Waals surface area (Å²) in [5, 5.41) is 2.96. The molecule has 6 heteroatoms. The van der Waals surface area contributed by atoms with Gasteiger partial charge in [0.1, 0.15) is 6.61 Å². The van der Waals surface area contributed by atoms with Crippen LogP contribution in [0.15, 0.2) is 41.9 Å². The topological polar surface area (TPSA) is 60.5 Å². The number of ether oxygens (including phenoxy) is 2. The van der Waals surface area contributed by atoms with E-state index in [1.165, 1.54) is 0 Å². The monoisotopic (exact) mass is 380 g/mol. The molecule has 1 amide bonds. The number of nitrogens with zero attached hydrogens (tertiary/aromatic N) is 1. The molecule has 1 aromatic heterocycles. The molecule has 1 heterocycles. The number of hydrogen-bond acceptors (Lipinski definition) is 5. The minimum absolute atomic E-state index is 0.00558. The maximum absolute atomic E-state index is 12.2. The highest BCUT2D eigenvalue weighted by Gasteiger charge is 2.08. The molecule has 27 heavy (non-hydrogen) atoms. The lowest BCUT2D eigenvalue weighted by Gasteiger charge is -2.11. The normalized spacial score (nSPS) is 10.4. The number of aryl methyl sites for hydroxylation is 1. The van der Waals surface area contributed by atoms with E-state index in [1.807, 2.05) is 35.8 Å². The van der Waals surface area contributed by atoms with Crippen LogP contribution in [-0.2, 0) is 17.8 Å². The van der Waals surface area contributed by atoms with Gasteiger partial charge in [-0.15, -0.1) is 17.8 Å². The van der Waals surface area contributed by atoms with Crippen LogP contribution in [0.4, 0.5) is 0 Å². The van der Waals surface area contributed by atoms with Gasteiger partial charge < -0.3 is 14.8 Å². The molecule has 0 bridgehead atoms. The van der Waals surface area contributed by atoms with Crippen LogP contribution >= 0.6 is 11.3 Å². The molecular formula is C21H20N2O3S. The van der Waals surface area contributed by atoms with E-state index in [-0.39, 0.29) is 12.5 Å². The quantitative estimate of drug-likeness (QED) is 0.607. The van der Waals surface area contributed by atoms with Crippen LogP contribution in [0.2, 0.25) is 0 Å². The Morgan fingerprint density at radius 2 is 2.07 bits per heavy atom. The zero-order chi connectivity index (χ0) is 19.1. The van der Waals surface area contributed by atoms with Crippen LogP contribution in [-0.4, -0.2) is 24.6 Å². The molecule has 0 atom stereocenters. The summed E-state index contributed by atoms with van der Waals surface area (Å²) in [7, 11) is 1.58. The minimum atomic E-state index is 0.00558. The first-order chi connectivity index (χ1) is 13.2. The molecule has 0 fully saturated rings. The second-order valence-corrected chi connectivity index (χ2v) is 6.80. The largest absolute Gasteiger partial charge is 0.493 e. The fraction of sp³-hybridized carbons (Fsp3) is 0.238. The number of carbonyl (C=O) groups excluding carboxylic acids is 1. The lowest BCUT2D eigenvalue weighted by Crippen LogP contribution is -2.22. The standard InChI is InChI=1S/C21H20N2O3S/c1-3-10-26-18-8-5-15(11-19(18)25-2)6-9-21(24)22-13-16-4-7-17-20(12-16)27-14-23-17/h1,4-5,7-8,11-12,14H,6,9-10,13H2,2H3,(H,22,24). The average molecular weight is 380 g/mol. The van der Waals surface area contributed by atoms with Gasteiger partial charge >= 0.3 is 0 Å². The van der Waals surface area contributed by atoms with Gasteiger partial charge in [-0.25, -0.2) is 4.98 Å². The molecule has 3 aromatic rings. The smallest absolute Gasteiger partial charge is 0.220 e. The number of benzene rings is 2. The van der Waals surface area contributed by atoms with Gasteiger partial charge in [-0.2, -0.15) is 0 Å². The van der Waals surface area contributed by atoms with E-state index in [0.29, 0.717) is 30.9 Å². The van der Waals surface area contributed by atoms with Crippen LogP contribution in [0.5, 0.6) is 11.5 Å². The number of methoxy groups -OCH3 is 1. The van der Waals surface area contributed by atoms with Gasteiger partial charge in [-0.3, -0.25) is 4.79 Å². The van der Waals surface area contributed by atoms with Crippen LogP contribution in [0.25, 0.3) is 10.2 Å². The Hall–Kier alpha value is -3.04. The third-order valence-electron chi connectivity index (χ3n) is 4.07. The number of rotatable bonds is 8. The number of nitrogens with one attached hydrogen (secondary N) is 1. The molecular weight excluding hydrogens is 360 g/mol. The van der Waals surface area contributed by atoms with Crippen LogP contribution in [0.3, 0.4) is 0 Å². The molecule has 0 saturated heterocycles. The fourth-order valence-corrected chi connectivity index (χ4v) is 3.40. The van der Waals surface area contributed by atoms with Gasteiger partial charge in [0.15, 0.2) is 11.5 Å². The van der Waals surface area contributed by atoms with E-state index in [4.69, 9.17) is 15.9 Å². The van der Waals surface area contributed by atoms with Gasteiger partial charge in [0, 0.05) is 13.0 Å². The Morgan fingerprint density at radius 3 is 2.89 bits per heavy atom. The summed E-state index contributed by atoms with van der Waals surface area (Å²) in [6.07, 6.45) is 6.22. The van der Waals surface area contributed by atoms with Crippen LogP contribution < -0.4 is 14.8 Å². The number of aromatic nitrogens is 1. The molecule has 0 radical (unpaired) electrons. The summed E-state index contributed by atoms with van der Waals surface area (Å²) in [6, 6.07) is 11.6. The van der Waals surface area contributed by atoms with Crippen molar-refractivity contribution in [2.75, 3.05) is 13.7 Å². The lowest BCUT2D eigenvalue weighted by atomic mass is 10.1. The molecule has 2 aromatic carbocycles. The van der Waals surface area contributed by atoms with Gasteiger partial charge in [-0.05, 0) is 41.8 Å². The Labute approximate surface area is 162 Å². The Balaban J connectivity index is 1.51. The van der Waals surface area contributed by atoms with E-state index < -0.39 is 0 Å². The number of amides is 1. The van der Waals surface area contributed by atoms with E-state index in [2.05, 4.69) is 22.3 Å². The summed E-state index contributed by atoms with van der Waals surface area (Å²) < 4.78 is 11.9. The summed E-state index contributed by atoms with van der Waals surface area (Å²) in [6.45, 7) is 0.695. The summed E-state index contributed by atoms with van der Waals surface area (Å²) in [5.41, 5.74) is 4.88. The highest BCUT2D eigenvalue weighted by atomic mass is 32.1. The zero-order valence-corrected chi connectivity index (χ0v) is 15.8. The molecule has 0 spiro atoms. The number of hydrogen-bond donors (Lipinski definition) is 1. The van der Waals surface area contributed by atoms with Crippen molar-refractivity contribution in [1.29, 1.82) is 0 Å². The molecule has 138 valence electrons. The number of fused-ring (bicyclic) bond motifs is 1. The molecule has 0 saturated carbocycles. The minimum Gasteiger partial charge on any atom is -0.493 e. The third kappa shape index (κ3) is 4.99.